The van der Waals surface area contributed by atoms with Gasteiger partial charge in [0.25, 0.3) is 0 Å². The minimum absolute atomic E-state index is 0.310. The minimum Gasteiger partial charge on any atom is -0.444 e. The van der Waals surface area contributed by atoms with Crippen LogP contribution in [-0.2, 0) is 11.3 Å². The molecule has 86 valence electrons. The van der Waals surface area contributed by atoms with E-state index in [1.807, 2.05) is 29.8 Å². The Kier molecular flexibility index (Phi) is 2.11. The number of benzene rings is 1. The zero-order chi connectivity index (χ0) is 11.8. The standard InChI is InChI=1S/C12H11N3O2/c1-8-4-10(15-3-2-13-7-15)5-9-6-17-12(16)14-11(8)9/h2-5,7H,6H2,1H3,(H,14,16). The average molecular weight is 229 g/mol. The van der Waals surface area contributed by atoms with Crippen molar-refractivity contribution >= 4 is 11.8 Å². The number of amides is 1. The maximum Gasteiger partial charge on any atom is 0.411 e. The molecule has 1 aliphatic heterocycles. The van der Waals surface area contributed by atoms with Gasteiger partial charge in [0.15, 0.2) is 0 Å². The number of anilines is 1. The first-order valence-electron chi connectivity index (χ1n) is 5.29. The van der Waals surface area contributed by atoms with Crippen molar-refractivity contribution < 1.29 is 9.53 Å². The highest BCUT2D eigenvalue weighted by Crippen LogP contribution is 2.28. The van der Waals surface area contributed by atoms with Crippen LogP contribution in [0.3, 0.4) is 0 Å². The van der Waals surface area contributed by atoms with Crippen LogP contribution in [0, 0.1) is 6.92 Å². The predicted octanol–water partition coefficient (Wildman–Crippen LogP) is 2.24. The van der Waals surface area contributed by atoms with Gasteiger partial charge in [-0.1, -0.05) is 0 Å². The molecule has 1 aliphatic rings. The summed E-state index contributed by atoms with van der Waals surface area (Å²) in [7, 11) is 0. The van der Waals surface area contributed by atoms with Crippen LogP contribution in [0.2, 0.25) is 0 Å². The molecule has 0 saturated heterocycles. The first-order chi connectivity index (χ1) is 8.24. The number of aryl methyl sites for hydroxylation is 1. The lowest BCUT2D eigenvalue weighted by molar-refractivity contribution is 0.151. The van der Waals surface area contributed by atoms with Crippen LogP contribution in [0.4, 0.5) is 10.5 Å². The van der Waals surface area contributed by atoms with Gasteiger partial charge >= 0.3 is 6.09 Å². The van der Waals surface area contributed by atoms with Gasteiger partial charge in [-0.2, -0.15) is 0 Å². The molecular formula is C12H11N3O2. The lowest BCUT2D eigenvalue weighted by Crippen LogP contribution is -2.21. The Morgan fingerprint density at radius 1 is 1.47 bits per heavy atom. The highest BCUT2D eigenvalue weighted by atomic mass is 16.5. The number of ether oxygens (including phenoxy) is 1. The van der Waals surface area contributed by atoms with E-state index in [1.54, 1.807) is 12.5 Å². The van der Waals surface area contributed by atoms with E-state index in [1.165, 1.54) is 0 Å². The molecule has 0 radical (unpaired) electrons. The monoisotopic (exact) mass is 229 g/mol. The van der Waals surface area contributed by atoms with Gasteiger partial charge in [-0.05, 0) is 24.6 Å². The molecule has 5 heteroatoms. The SMILES string of the molecule is Cc1cc(-n2ccnc2)cc2c1NC(=O)OC2. The number of hydrogen-bond acceptors (Lipinski definition) is 3. The molecule has 1 amide bonds. The fourth-order valence-corrected chi connectivity index (χ4v) is 1.97. The molecule has 17 heavy (non-hydrogen) atoms. The van der Waals surface area contributed by atoms with Crippen molar-refractivity contribution in [3.63, 3.8) is 0 Å². The molecule has 0 atom stereocenters. The number of fused-ring (bicyclic) bond motifs is 1. The van der Waals surface area contributed by atoms with Gasteiger partial charge in [-0.3, -0.25) is 5.32 Å². The number of nitrogens with zero attached hydrogens (tertiary/aromatic N) is 2. The summed E-state index contributed by atoms with van der Waals surface area (Å²) >= 11 is 0. The van der Waals surface area contributed by atoms with Gasteiger partial charge in [0.1, 0.15) is 6.61 Å². The van der Waals surface area contributed by atoms with E-state index >= 15 is 0 Å². The van der Waals surface area contributed by atoms with Crippen LogP contribution < -0.4 is 5.32 Å². The van der Waals surface area contributed by atoms with Crippen molar-refractivity contribution in [2.24, 2.45) is 0 Å². The summed E-state index contributed by atoms with van der Waals surface area (Å²) in [5.41, 5.74) is 3.86. The van der Waals surface area contributed by atoms with Crippen molar-refractivity contribution in [3.05, 3.63) is 42.0 Å². The lowest BCUT2D eigenvalue weighted by atomic mass is 10.1. The molecule has 1 aromatic carbocycles. The molecule has 5 nitrogen and oxygen atoms in total. The summed E-state index contributed by atoms with van der Waals surface area (Å²) in [5.74, 6) is 0. The predicted molar refractivity (Wildman–Crippen MR) is 62.1 cm³/mol. The second-order valence-electron chi connectivity index (χ2n) is 3.97. The van der Waals surface area contributed by atoms with Crippen LogP contribution in [0.15, 0.2) is 30.9 Å². The third-order valence-corrected chi connectivity index (χ3v) is 2.79. The summed E-state index contributed by atoms with van der Waals surface area (Å²) in [6.45, 7) is 2.27. The van der Waals surface area contributed by atoms with E-state index in [0.717, 1.165) is 22.5 Å². The summed E-state index contributed by atoms with van der Waals surface area (Å²) < 4.78 is 6.88. The molecule has 2 heterocycles. The van der Waals surface area contributed by atoms with Gasteiger partial charge in [-0.25, -0.2) is 9.78 Å². The van der Waals surface area contributed by atoms with Gasteiger partial charge < -0.3 is 9.30 Å². The number of hydrogen-bond donors (Lipinski definition) is 1. The maximum atomic E-state index is 11.1. The number of nitrogens with one attached hydrogen (secondary N) is 1. The van der Waals surface area contributed by atoms with Crippen LogP contribution >= 0.6 is 0 Å². The largest absolute Gasteiger partial charge is 0.444 e. The van der Waals surface area contributed by atoms with Crippen LogP contribution in [0.5, 0.6) is 0 Å². The fraction of sp³-hybridized carbons (Fsp3) is 0.167. The zero-order valence-electron chi connectivity index (χ0n) is 9.30. The molecule has 1 N–H and O–H groups in total. The number of cyclic esters (lactones) is 1. The third kappa shape index (κ3) is 1.65. The Morgan fingerprint density at radius 3 is 3.12 bits per heavy atom. The van der Waals surface area contributed by atoms with Gasteiger partial charge in [0.05, 0.1) is 12.0 Å². The molecule has 0 fully saturated rings. The lowest BCUT2D eigenvalue weighted by Gasteiger charge is -2.20. The van der Waals surface area contributed by atoms with Crippen molar-refractivity contribution in [2.75, 3.05) is 5.32 Å². The fourth-order valence-electron chi connectivity index (χ4n) is 1.97. The smallest absolute Gasteiger partial charge is 0.411 e. The molecule has 0 unspecified atom stereocenters. The van der Waals surface area contributed by atoms with Crippen molar-refractivity contribution in [2.45, 2.75) is 13.5 Å². The number of carbonyl (C=O) groups is 1. The molecule has 0 aliphatic carbocycles. The Hall–Kier alpha value is -2.30. The quantitative estimate of drug-likeness (QED) is 0.815. The summed E-state index contributed by atoms with van der Waals surface area (Å²) in [5, 5.41) is 2.71. The molecule has 0 spiro atoms. The third-order valence-electron chi connectivity index (χ3n) is 2.79. The Bertz CT molecular complexity index is 576. The second kappa shape index (κ2) is 3.62. The molecule has 3 rings (SSSR count). The average Bonchev–Trinajstić information content (AvgIpc) is 2.83. The Labute approximate surface area is 98.0 Å². The molecule has 0 bridgehead atoms. The molecule has 0 saturated carbocycles. The zero-order valence-corrected chi connectivity index (χ0v) is 9.30. The van der Waals surface area contributed by atoms with E-state index in [-0.39, 0.29) is 0 Å². The van der Waals surface area contributed by atoms with Gasteiger partial charge in [-0.15, -0.1) is 0 Å². The second-order valence-corrected chi connectivity index (χ2v) is 3.97. The first-order valence-corrected chi connectivity index (χ1v) is 5.29. The highest BCUT2D eigenvalue weighted by Gasteiger charge is 2.18. The van der Waals surface area contributed by atoms with E-state index in [9.17, 15) is 4.79 Å². The van der Waals surface area contributed by atoms with Crippen LogP contribution in [0.1, 0.15) is 11.1 Å². The highest BCUT2D eigenvalue weighted by molar-refractivity contribution is 5.89. The summed E-state index contributed by atoms with van der Waals surface area (Å²) in [4.78, 5) is 15.2. The van der Waals surface area contributed by atoms with E-state index < -0.39 is 6.09 Å². The van der Waals surface area contributed by atoms with Crippen LogP contribution in [0.25, 0.3) is 5.69 Å². The number of aromatic nitrogens is 2. The topological polar surface area (TPSA) is 56.2 Å². The molecular weight excluding hydrogens is 218 g/mol. The van der Waals surface area contributed by atoms with Gasteiger partial charge in [0, 0.05) is 23.6 Å². The number of carbonyl (C=O) groups excluding carboxylic acids is 1. The Morgan fingerprint density at radius 2 is 2.35 bits per heavy atom. The Balaban J connectivity index is 2.11. The van der Waals surface area contributed by atoms with E-state index in [0.29, 0.717) is 6.61 Å². The van der Waals surface area contributed by atoms with Crippen molar-refractivity contribution in [1.29, 1.82) is 0 Å². The van der Waals surface area contributed by atoms with E-state index in [2.05, 4.69) is 10.3 Å². The first kappa shape index (κ1) is 9.89. The van der Waals surface area contributed by atoms with Crippen molar-refractivity contribution in [3.8, 4) is 5.69 Å². The number of rotatable bonds is 1. The molecule has 2 aromatic rings. The van der Waals surface area contributed by atoms with Gasteiger partial charge in [0.2, 0.25) is 0 Å². The van der Waals surface area contributed by atoms with E-state index in [4.69, 9.17) is 4.74 Å². The maximum absolute atomic E-state index is 11.1. The number of imidazole rings is 1. The summed E-state index contributed by atoms with van der Waals surface area (Å²) in [6.07, 6.45) is 4.95. The van der Waals surface area contributed by atoms with Crippen LogP contribution in [-0.4, -0.2) is 15.6 Å². The molecule has 1 aromatic heterocycles. The van der Waals surface area contributed by atoms with Crippen molar-refractivity contribution in [1.82, 2.24) is 9.55 Å². The summed E-state index contributed by atoms with van der Waals surface area (Å²) in [6, 6.07) is 4.00. The normalized spacial score (nSPS) is 13.8. The minimum atomic E-state index is -0.393.